The molecule has 96 valence electrons. The number of amides is 1. The van der Waals surface area contributed by atoms with E-state index in [4.69, 9.17) is 0 Å². The Kier molecular flexibility index (Phi) is 4.79. The fraction of sp³-hybridized carbons (Fsp3) is 0.643. The molecule has 0 aliphatic carbocycles. The van der Waals surface area contributed by atoms with Gasteiger partial charge in [0.25, 0.3) is 5.91 Å². The molecule has 1 aromatic rings. The number of rotatable bonds is 5. The van der Waals surface area contributed by atoms with Gasteiger partial charge in [-0.15, -0.1) is 0 Å². The summed E-state index contributed by atoms with van der Waals surface area (Å²) in [5.41, 5.74) is 3.05. The second-order valence-corrected chi connectivity index (χ2v) is 4.64. The lowest BCUT2D eigenvalue weighted by Gasteiger charge is -2.21. The van der Waals surface area contributed by atoms with Gasteiger partial charge in [0, 0.05) is 31.5 Å². The first kappa shape index (κ1) is 13.8. The quantitative estimate of drug-likeness (QED) is 0.771. The van der Waals surface area contributed by atoms with Crippen LogP contribution >= 0.6 is 0 Å². The maximum absolute atomic E-state index is 12.4. The van der Waals surface area contributed by atoms with Crippen molar-refractivity contribution in [1.82, 2.24) is 9.47 Å². The van der Waals surface area contributed by atoms with E-state index < -0.39 is 0 Å². The molecule has 0 spiro atoms. The van der Waals surface area contributed by atoms with Gasteiger partial charge in [0.1, 0.15) is 0 Å². The molecule has 17 heavy (non-hydrogen) atoms. The van der Waals surface area contributed by atoms with E-state index in [-0.39, 0.29) is 5.91 Å². The Balaban J connectivity index is 2.96. The summed E-state index contributed by atoms with van der Waals surface area (Å²) in [5.74, 6) is 0.176. The Morgan fingerprint density at radius 3 is 2.12 bits per heavy atom. The molecule has 0 unspecified atom stereocenters. The van der Waals surface area contributed by atoms with Gasteiger partial charge in [-0.3, -0.25) is 4.79 Å². The second-order valence-electron chi connectivity index (χ2n) is 4.64. The van der Waals surface area contributed by atoms with E-state index in [0.29, 0.717) is 0 Å². The van der Waals surface area contributed by atoms with Crippen molar-refractivity contribution in [2.24, 2.45) is 7.05 Å². The number of nitrogens with zero attached hydrogens (tertiary/aromatic N) is 2. The molecule has 3 heteroatoms. The first-order valence-corrected chi connectivity index (χ1v) is 6.45. The zero-order valence-electron chi connectivity index (χ0n) is 11.7. The van der Waals surface area contributed by atoms with Crippen molar-refractivity contribution in [2.75, 3.05) is 13.1 Å². The second kappa shape index (κ2) is 5.89. The van der Waals surface area contributed by atoms with Gasteiger partial charge in [0.15, 0.2) is 0 Å². The third kappa shape index (κ3) is 2.90. The van der Waals surface area contributed by atoms with Crippen LogP contribution in [0.15, 0.2) is 6.07 Å². The molecule has 0 saturated carbocycles. The number of carbonyl (C=O) groups excluding carboxylic acids is 1. The Hall–Kier alpha value is -1.25. The average Bonchev–Trinajstić information content (AvgIpc) is 2.56. The third-order valence-corrected chi connectivity index (χ3v) is 3.28. The van der Waals surface area contributed by atoms with Crippen LogP contribution in [0.3, 0.4) is 0 Å². The van der Waals surface area contributed by atoms with E-state index in [1.165, 1.54) is 0 Å². The number of hydrogen-bond acceptors (Lipinski definition) is 1. The largest absolute Gasteiger partial charge is 0.351 e. The van der Waals surface area contributed by atoms with Crippen LogP contribution in [0, 0.1) is 13.8 Å². The molecule has 0 N–H and O–H groups in total. The Bertz CT molecular complexity index is 387. The van der Waals surface area contributed by atoms with Crippen LogP contribution in [0.2, 0.25) is 0 Å². The molecule has 1 amide bonds. The van der Waals surface area contributed by atoms with Crippen molar-refractivity contribution in [3.63, 3.8) is 0 Å². The predicted molar refractivity (Wildman–Crippen MR) is 71.4 cm³/mol. The highest BCUT2D eigenvalue weighted by atomic mass is 16.2. The van der Waals surface area contributed by atoms with E-state index in [0.717, 1.165) is 42.9 Å². The van der Waals surface area contributed by atoms with Gasteiger partial charge in [-0.05, 0) is 32.8 Å². The lowest BCUT2D eigenvalue weighted by Crippen LogP contribution is -2.32. The molecule has 3 nitrogen and oxygen atoms in total. The summed E-state index contributed by atoms with van der Waals surface area (Å²) in [6.45, 7) is 9.96. The predicted octanol–water partition coefficient (Wildman–Crippen LogP) is 2.90. The standard InChI is InChI=1S/C14H24N2O/c1-6-8-16(9-7-2)14(17)13-10-11(3)15(5)12(13)4/h10H,6-9H2,1-5H3. The molecule has 0 saturated heterocycles. The average molecular weight is 236 g/mol. The summed E-state index contributed by atoms with van der Waals surface area (Å²) in [4.78, 5) is 14.4. The van der Waals surface area contributed by atoms with Crippen molar-refractivity contribution in [2.45, 2.75) is 40.5 Å². The van der Waals surface area contributed by atoms with Crippen LogP contribution < -0.4 is 0 Å². The van der Waals surface area contributed by atoms with Crippen molar-refractivity contribution in [1.29, 1.82) is 0 Å². The van der Waals surface area contributed by atoms with Crippen molar-refractivity contribution in [3.05, 3.63) is 23.0 Å². The Labute approximate surface area is 104 Å². The fourth-order valence-electron chi connectivity index (χ4n) is 2.10. The minimum absolute atomic E-state index is 0.176. The van der Waals surface area contributed by atoms with Crippen molar-refractivity contribution in [3.8, 4) is 0 Å². The molecule has 1 heterocycles. The molecule has 0 radical (unpaired) electrons. The highest BCUT2D eigenvalue weighted by Gasteiger charge is 2.19. The van der Waals surface area contributed by atoms with Gasteiger partial charge in [0.2, 0.25) is 0 Å². The minimum Gasteiger partial charge on any atom is -0.351 e. The van der Waals surface area contributed by atoms with Gasteiger partial charge in [-0.25, -0.2) is 0 Å². The molecular weight excluding hydrogens is 212 g/mol. The van der Waals surface area contributed by atoms with Gasteiger partial charge >= 0.3 is 0 Å². The molecule has 1 aromatic heterocycles. The third-order valence-electron chi connectivity index (χ3n) is 3.28. The van der Waals surface area contributed by atoms with E-state index in [2.05, 4.69) is 18.4 Å². The summed E-state index contributed by atoms with van der Waals surface area (Å²) in [7, 11) is 2.01. The maximum atomic E-state index is 12.4. The summed E-state index contributed by atoms with van der Waals surface area (Å²) < 4.78 is 2.07. The van der Waals surface area contributed by atoms with Crippen molar-refractivity contribution >= 4 is 5.91 Å². The van der Waals surface area contributed by atoms with Crippen LogP contribution in [-0.4, -0.2) is 28.5 Å². The zero-order valence-corrected chi connectivity index (χ0v) is 11.7. The zero-order chi connectivity index (χ0) is 13.0. The van der Waals surface area contributed by atoms with Crippen LogP contribution in [0.1, 0.15) is 48.4 Å². The van der Waals surface area contributed by atoms with E-state index >= 15 is 0 Å². The Morgan fingerprint density at radius 1 is 1.24 bits per heavy atom. The molecular formula is C14H24N2O. The monoisotopic (exact) mass is 236 g/mol. The van der Waals surface area contributed by atoms with E-state index in [1.807, 2.05) is 31.9 Å². The van der Waals surface area contributed by atoms with Crippen LogP contribution in [-0.2, 0) is 7.05 Å². The van der Waals surface area contributed by atoms with Gasteiger partial charge in [0.05, 0.1) is 5.56 Å². The lowest BCUT2D eigenvalue weighted by atomic mass is 10.2. The maximum Gasteiger partial charge on any atom is 0.255 e. The molecule has 1 rings (SSSR count). The lowest BCUT2D eigenvalue weighted by molar-refractivity contribution is 0.0755. The molecule has 0 aliphatic rings. The van der Waals surface area contributed by atoms with E-state index in [1.54, 1.807) is 0 Å². The highest BCUT2D eigenvalue weighted by Crippen LogP contribution is 2.16. The fourth-order valence-corrected chi connectivity index (χ4v) is 2.10. The summed E-state index contributed by atoms with van der Waals surface area (Å²) >= 11 is 0. The summed E-state index contributed by atoms with van der Waals surface area (Å²) in [6, 6.07) is 2.00. The van der Waals surface area contributed by atoms with Gasteiger partial charge in [-0.2, -0.15) is 0 Å². The van der Waals surface area contributed by atoms with Crippen LogP contribution in [0.5, 0.6) is 0 Å². The molecule has 0 fully saturated rings. The number of aromatic nitrogens is 1. The topological polar surface area (TPSA) is 25.2 Å². The summed E-state index contributed by atoms with van der Waals surface area (Å²) in [6.07, 6.45) is 2.02. The van der Waals surface area contributed by atoms with Gasteiger partial charge < -0.3 is 9.47 Å². The number of carbonyl (C=O) groups is 1. The molecule has 0 aliphatic heterocycles. The van der Waals surface area contributed by atoms with Crippen molar-refractivity contribution < 1.29 is 4.79 Å². The molecule has 0 aromatic carbocycles. The number of aryl methyl sites for hydroxylation is 1. The summed E-state index contributed by atoms with van der Waals surface area (Å²) in [5, 5.41) is 0. The van der Waals surface area contributed by atoms with Crippen LogP contribution in [0.4, 0.5) is 0 Å². The first-order chi connectivity index (χ1) is 8.02. The normalized spacial score (nSPS) is 10.6. The van der Waals surface area contributed by atoms with E-state index in [9.17, 15) is 4.79 Å². The highest BCUT2D eigenvalue weighted by molar-refractivity contribution is 5.95. The molecule has 0 bridgehead atoms. The minimum atomic E-state index is 0.176. The van der Waals surface area contributed by atoms with Crippen LogP contribution in [0.25, 0.3) is 0 Å². The number of hydrogen-bond donors (Lipinski definition) is 0. The SMILES string of the molecule is CCCN(CCC)C(=O)c1cc(C)n(C)c1C. The smallest absolute Gasteiger partial charge is 0.255 e. The first-order valence-electron chi connectivity index (χ1n) is 6.45. The Morgan fingerprint density at radius 2 is 1.76 bits per heavy atom. The molecule has 0 atom stereocenters. The van der Waals surface area contributed by atoms with Gasteiger partial charge in [-0.1, -0.05) is 13.8 Å².